The van der Waals surface area contributed by atoms with Crippen molar-refractivity contribution in [3.05, 3.63) is 93.4 Å². The van der Waals surface area contributed by atoms with Gasteiger partial charge in [0.25, 0.3) is 10.0 Å². The van der Waals surface area contributed by atoms with Crippen LogP contribution in [-0.2, 0) is 26.2 Å². The van der Waals surface area contributed by atoms with Crippen molar-refractivity contribution in [3.8, 4) is 0 Å². The highest BCUT2D eigenvalue weighted by molar-refractivity contribution is 7.92. The summed E-state index contributed by atoms with van der Waals surface area (Å²) in [6.07, 6.45) is 0.257. The van der Waals surface area contributed by atoms with Crippen LogP contribution in [0.1, 0.15) is 39.7 Å². The molecule has 0 aliphatic heterocycles. The molecule has 40 heavy (non-hydrogen) atoms. The minimum absolute atomic E-state index is 0.0130. The second-order valence-electron chi connectivity index (χ2n) is 10.2. The highest BCUT2D eigenvalue weighted by atomic mass is 35.5. The highest BCUT2D eigenvalue weighted by Crippen LogP contribution is 2.32. The maximum absolute atomic E-state index is 14.1. The molecule has 0 heterocycles. The van der Waals surface area contributed by atoms with E-state index in [0.29, 0.717) is 15.6 Å². The van der Waals surface area contributed by atoms with Gasteiger partial charge in [0.15, 0.2) is 0 Å². The molecule has 0 bridgehead atoms. The van der Waals surface area contributed by atoms with Crippen LogP contribution in [0, 0.1) is 0 Å². The van der Waals surface area contributed by atoms with E-state index in [0.717, 1.165) is 4.31 Å². The Bertz CT molecular complexity index is 1440. The fraction of sp³-hybridized carbons (Fsp3) is 0.310. The molecular weight excluding hydrogens is 593 g/mol. The lowest BCUT2D eigenvalue weighted by molar-refractivity contribution is -0.141. The first-order chi connectivity index (χ1) is 18.8. The lowest BCUT2D eigenvalue weighted by atomic mass is 10.1. The van der Waals surface area contributed by atoms with Crippen LogP contribution in [0.2, 0.25) is 15.1 Å². The first kappa shape index (κ1) is 31.7. The Balaban J connectivity index is 2.12. The first-order valence-electron chi connectivity index (χ1n) is 12.6. The maximum atomic E-state index is 14.1. The van der Waals surface area contributed by atoms with E-state index in [1.165, 1.54) is 23.1 Å². The van der Waals surface area contributed by atoms with Gasteiger partial charge in [0, 0.05) is 27.7 Å². The van der Waals surface area contributed by atoms with Gasteiger partial charge >= 0.3 is 0 Å². The molecule has 0 fully saturated rings. The molecule has 1 unspecified atom stereocenters. The van der Waals surface area contributed by atoms with Crippen LogP contribution in [0.15, 0.2) is 77.7 Å². The molecule has 0 saturated heterocycles. The number of carbonyl (C=O) groups is 2. The van der Waals surface area contributed by atoms with Crippen molar-refractivity contribution in [1.29, 1.82) is 0 Å². The molecule has 11 heteroatoms. The van der Waals surface area contributed by atoms with Crippen LogP contribution in [0.4, 0.5) is 5.69 Å². The number of nitrogens with zero attached hydrogens (tertiary/aromatic N) is 2. The molecule has 0 aliphatic rings. The predicted octanol–water partition coefficient (Wildman–Crippen LogP) is 6.56. The van der Waals surface area contributed by atoms with Gasteiger partial charge in [-0.25, -0.2) is 8.42 Å². The number of para-hydroxylation sites is 1. The van der Waals surface area contributed by atoms with Crippen molar-refractivity contribution in [1.82, 2.24) is 10.2 Å². The molecule has 1 N–H and O–H groups in total. The summed E-state index contributed by atoms with van der Waals surface area (Å²) in [5.74, 6) is -1.02. The zero-order valence-corrected chi connectivity index (χ0v) is 25.8. The van der Waals surface area contributed by atoms with Crippen molar-refractivity contribution in [2.45, 2.75) is 57.1 Å². The fourth-order valence-corrected chi connectivity index (χ4v) is 6.37. The van der Waals surface area contributed by atoms with Crippen LogP contribution < -0.4 is 9.62 Å². The molecular formula is C29H32Cl3N3O4S. The van der Waals surface area contributed by atoms with Crippen molar-refractivity contribution in [2.24, 2.45) is 0 Å². The molecule has 2 amide bonds. The SMILES string of the molecule is CCC(C(=O)NC(C)(C)C)N(Cc1c(Cl)cccc1Cl)C(=O)CN(c1ccccc1Cl)S(=O)(=O)c1ccccc1. The Kier molecular flexibility index (Phi) is 10.5. The van der Waals surface area contributed by atoms with E-state index in [9.17, 15) is 18.0 Å². The molecule has 1 atom stereocenters. The second-order valence-corrected chi connectivity index (χ2v) is 13.2. The summed E-state index contributed by atoms with van der Waals surface area (Å²) in [6, 6.07) is 18.1. The number of sulfonamides is 1. The third-order valence-corrected chi connectivity index (χ3v) is 8.81. The number of nitrogens with one attached hydrogen (secondary N) is 1. The van der Waals surface area contributed by atoms with Gasteiger partial charge in [-0.15, -0.1) is 0 Å². The first-order valence-corrected chi connectivity index (χ1v) is 15.2. The monoisotopic (exact) mass is 623 g/mol. The smallest absolute Gasteiger partial charge is 0.264 e. The number of carbonyl (C=O) groups excluding carboxylic acids is 2. The third-order valence-electron chi connectivity index (χ3n) is 6.01. The number of amides is 2. The maximum Gasteiger partial charge on any atom is 0.264 e. The molecule has 0 aliphatic carbocycles. The van der Waals surface area contributed by atoms with Gasteiger partial charge in [-0.2, -0.15) is 0 Å². The van der Waals surface area contributed by atoms with Crippen molar-refractivity contribution in [3.63, 3.8) is 0 Å². The Morgan fingerprint density at radius 3 is 1.95 bits per heavy atom. The quantitative estimate of drug-likeness (QED) is 0.277. The number of anilines is 1. The van der Waals surface area contributed by atoms with Crippen LogP contribution in [0.3, 0.4) is 0 Å². The second kappa shape index (κ2) is 13.3. The molecule has 3 aromatic rings. The predicted molar refractivity (Wildman–Crippen MR) is 161 cm³/mol. The summed E-state index contributed by atoms with van der Waals surface area (Å²) in [5, 5.41) is 3.70. The summed E-state index contributed by atoms with van der Waals surface area (Å²) >= 11 is 19.3. The number of hydrogen-bond acceptors (Lipinski definition) is 4. The lowest BCUT2D eigenvalue weighted by Gasteiger charge is -2.35. The molecule has 0 radical (unpaired) electrons. The summed E-state index contributed by atoms with van der Waals surface area (Å²) in [7, 11) is -4.23. The molecule has 214 valence electrons. The Morgan fingerprint density at radius 2 is 1.40 bits per heavy atom. The van der Waals surface area contributed by atoms with Gasteiger partial charge in [0.05, 0.1) is 15.6 Å². The Labute approximate surface area is 251 Å². The van der Waals surface area contributed by atoms with E-state index in [1.807, 2.05) is 20.8 Å². The molecule has 0 spiro atoms. The topological polar surface area (TPSA) is 86.8 Å². The van der Waals surface area contributed by atoms with E-state index in [1.54, 1.807) is 61.5 Å². The minimum atomic E-state index is -4.23. The largest absolute Gasteiger partial charge is 0.350 e. The highest BCUT2D eigenvalue weighted by Gasteiger charge is 2.35. The standard InChI is InChI=1S/C29H32Cl3N3O4S/c1-5-25(28(37)33-29(2,3)4)34(18-21-22(30)15-11-16-23(21)31)27(36)19-35(26-17-10-9-14-24(26)32)40(38,39)20-12-7-6-8-13-20/h6-17,25H,5,18-19H2,1-4H3,(H,33,37). The van der Waals surface area contributed by atoms with Crippen molar-refractivity contribution >= 4 is 62.3 Å². The molecule has 7 nitrogen and oxygen atoms in total. The summed E-state index contributed by atoms with van der Waals surface area (Å²) < 4.78 is 28.7. The van der Waals surface area contributed by atoms with E-state index in [-0.39, 0.29) is 34.5 Å². The van der Waals surface area contributed by atoms with Crippen LogP contribution in [0.25, 0.3) is 0 Å². The third kappa shape index (κ3) is 7.69. The van der Waals surface area contributed by atoms with Gasteiger partial charge in [-0.05, 0) is 63.6 Å². The molecule has 0 aromatic heterocycles. The number of halogens is 3. The van der Waals surface area contributed by atoms with Gasteiger partial charge in [-0.3, -0.25) is 13.9 Å². The Morgan fingerprint density at radius 1 is 0.850 bits per heavy atom. The normalized spacial score (nSPS) is 12.5. The molecule has 3 rings (SSSR count). The van der Waals surface area contributed by atoms with Gasteiger partial charge in [-0.1, -0.05) is 78.1 Å². The van der Waals surface area contributed by atoms with Crippen LogP contribution >= 0.6 is 34.8 Å². The zero-order chi connectivity index (χ0) is 29.7. The Hall–Kier alpha value is -2.78. The van der Waals surface area contributed by atoms with E-state index >= 15 is 0 Å². The van der Waals surface area contributed by atoms with Gasteiger partial charge < -0.3 is 10.2 Å². The van der Waals surface area contributed by atoms with Gasteiger partial charge in [0.1, 0.15) is 12.6 Å². The van der Waals surface area contributed by atoms with E-state index < -0.39 is 34.1 Å². The van der Waals surface area contributed by atoms with Crippen molar-refractivity contribution in [2.75, 3.05) is 10.8 Å². The zero-order valence-electron chi connectivity index (χ0n) is 22.7. The molecule has 0 saturated carbocycles. The summed E-state index contributed by atoms with van der Waals surface area (Å²) in [6.45, 7) is 6.53. The number of rotatable bonds is 10. The van der Waals surface area contributed by atoms with Crippen LogP contribution in [-0.4, -0.2) is 43.3 Å². The van der Waals surface area contributed by atoms with Crippen molar-refractivity contribution < 1.29 is 18.0 Å². The van der Waals surface area contributed by atoms with Gasteiger partial charge in [0.2, 0.25) is 11.8 Å². The fourth-order valence-electron chi connectivity index (χ4n) is 4.11. The molecule has 3 aromatic carbocycles. The van der Waals surface area contributed by atoms with Crippen LogP contribution in [0.5, 0.6) is 0 Å². The van der Waals surface area contributed by atoms with E-state index in [4.69, 9.17) is 34.8 Å². The van der Waals surface area contributed by atoms with E-state index in [2.05, 4.69) is 5.32 Å². The average molecular weight is 625 g/mol. The summed E-state index contributed by atoms with van der Waals surface area (Å²) in [5.41, 5.74) is 0.00213. The number of benzene rings is 3. The minimum Gasteiger partial charge on any atom is -0.350 e. The average Bonchev–Trinajstić information content (AvgIpc) is 2.88. The number of hydrogen-bond donors (Lipinski definition) is 1. The lowest BCUT2D eigenvalue weighted by Crippen LogP contribution is -2.55. The summed E-state index contributed by atoms with van der Waals surface area (Å²) in [4.78, 5) is 28.8.